The lowest BCUT2D eigenvalue weighted by Gasteiger charge is -2.56. The van der Waals surface area contributed by atoms with E-state index >= 15 is 0 Å². The van der Waals surface area contributed by atoms with Gasteiger partial charge in [0, 0.05) is 30.4 Å². The van der Waals surface area contributed by atoms with Crippen LogP contribution in [0, 0.1) is 18.3 Å². The minimum atomic E-state index is -0.999. The van der Waals surface area contributed by atoms with E-state index in [2.05, 4.69) is 16.1 Å². The number of hydrogen-bond acceptors (Lipinski definition) is 8. The van der Waals surface area contributed by atoms with Crippen molar-refractivity contribution in [3.05, 3.63) is 41.9 Å². The number of carbonyl (C=O) groups excluding carboxylic acids is 1. The molecule has 10 heteroatoms. The number of aliphatic hydroxyl groups is 1. The number of piperazine rings is 1. The molecule has 38 heavy (non-hydrogen) atoms. The zero-order valence-corrected chi connectivity index (χ0v) is 22.7. The molecule has 3 aliphatic heterocycles. The second kappa shape index (κ2) is 9.17. The van der Waals surface area contributed by atoms with Crippen molar-refractivity contribution in [1.29, 1.82) is 5.26 Å². The summed E-state index contributed by atoms with van der Waals surface area (Å²) in [7, 11) is 0. The van der Waals surface area contributed by atoms with Crippen molar-refractivity contribution in [1.82, 2.24) is 19.5 Å². The first-order chi connectivity index (χ1) is 17.8. The molecule has 0 spiro atoms. The summed E-state index contributed by atoms with van der Waals surface area (Å²) >= 11 is 0. The van der Waals surface area contributed by atoms with Gasteiger partial charge in [0.15, 0.2) is 0 Å². The lowest BCUT2D eigenvalue weighted by Crippen LogP contribution is -2.70. The van der Waals surface area contributed by atoms with Crippen molar-refractivity contribution in [2.24, 2.45) is 0 Å². The fraction of sp³-hybridized carbons (Fsp3) is 0.500. The van der Waals surface area contributed by atoms with Gasteiger partial charge in [0.05, 0.1) is 40.7 Å². The third-order valence-electron chi connectivity index (χ3n) is 6.86. The molecule has 2 atom stereocenters. The van der Waals surface area contributed by atoms with Gasteiger partial charge in [-0.05, 0) is 66.2 Å². The second-order valence-corrected chi connectivity index (χ2v) is 11.8. The average Bonchev–Trinajstić information content (AvgIpc) is 3.27. The molecule has 1 amide bonds. The molecule has 2 bridgehead atoms. The van der Waals surface area contributed by atoms with Crippen molar-refractivity contribution in [2.75, 3.05) is 24.6 Å². The first-order valence-corrected chi connectivity index (χ1v) is 12.8. The SMILES string of the molecule is Cc1c(OCC(C)(C)O)cc(-c2ccc(N3CC4CC(C3)N4C(=O)OC(C)(C)C)nc2)c2c(C#N)cnn12. The summed E-state index contributed by atoms with van der Waals surface area (Å²) in [6, 6.07) is 8.28. The molecule has 0 aliphatic carbocycles. The number of aryl methyl sites for hydroxylation is 1. The number of fused-ring (bicyclic) bond motifs is 3. The largest absolute Gasteiger partial charge is 0.489 e. The van der Waals surface area contributed by atoms with Gasteiger partial charge in [-0.3, -0.25) is 4.90 Å². The number of nitrogens with zero attached hydrogens (tertiary/aromatic N) is 6. The molecule has 6 heterocycles. The monoisotopic (exact) mass is 518 g/mol. The molecule has 0 radical (unpaired) electrons. The van der Waals surface area contributed by atoms with Crippen LogP contribution in [0.2, 0.25) is 0 Å². The Balaban J connectivity index is 1.39. The first-order valence-electron chi connectivity index (χ1n) is 12.8. The molecule has 3 saturated heterocycles. The van der Waals surface area contributed by atoms with Crippen molar-refractivity contribution in [3.8, 4) is 22.9 Å². The zero-order valence-electron chi connectivity index (χ0n) is 22.7. The molecule has 1 N–H and O–H groups in total. The Hall–Kier alpha value is -3.84. The third kappa shape index (κ3) is 4.86. The predicted molar refractivity (Wildman–Crippen MR) is 142 cm³/mol. The van der Waals surface area contributed by atoms with Crippen LogP contribution in [0.4, 0.5) is 10.6 Å². The van der Waals surface area contributed by atoms with E-state index in [1.165, 1.54) is 0 Å². The Bertz CT molecular complexity index is 1400. The summed E-state index contributed by atoms with van der Waals surface area (Å²) in [5.74, 6) is 1.41. The molecule has 3 fully saturated rings. The number of piperidine rings is 1. The van der Waals surface area contributed by atoms with Gasteiger partial charge in [0.25, 0.3) is 0 Å². The van der Waals surface area contributed by atoms with Gasteiger partial charge < -0.3 is 19.5 Å². The highest BCUT2D eigenvalue weighted by Gasteiger charge is 2.49. The summed E-state index contributed by atoms with van der Waals surface area (Å²) in [6.45, 7) is 12.4. The van der Waals surface area contributed by atoms with E-state index in [0.29, 0.717) is 29.9 Å². The molecule has 10 nitrogen and oxygen atoms in total. The Morgan fingerprint density at radius 2 is 1.89 bits per heavy atom. The highest BCUT2D eigenvalue weighted by atomic mass is 16.6. The van der Waals surface area contributed by atoms with E-state index in [1.807, 2.05) is 50.8 Å². The molecule has 3 aromatic heterocycles. The second-order valence-electron chi connectivity index (χ2n) is 11.8. The lowest BCUT2D eigenvalue weighted by molar-refractivity contribution is -0.0380. The Kier molecular flexibility index (Phi) is 6.22. The van der Waals surface area contributed by atoms with Crippen molar-refractivity contribution in [3.63, 3.8) is 0 Å². The van der Waals surface area contributed by atoms with Crippen LogP contribution in [0.5, 0.6) is 5.75 Å². The van der Waals surface area contributed by atoms with Crippen molar-refractivity contribution in [2.45, 2.75) is 71.2 Å². The molecule has 200 valence electrons. The molecule has 2 unspecified atom stereocenters. The molecule has 0 saturated carbocycles. The zero-order chi connectivity index (χ0) is 27.4. The van der Waals surface area contributed by atoms with Gasteiger partial charge in [0.2, 0.25) is 0 Å². The topological polar surface area (TPSA) is 116 Å². The van der Waals surface area contributed by atoms with Gasteiger partial charge in [-0.2, -0.15) is 10.4 Å². The van der Waals surface area contributed by atoms with Crippen LogP contribution in [-0.4, -0.2) is 73.7 Å². The number of amides is 1. The standard InChI is InChI=1S/C28H34N6O4/c1-17-23(37-16-28(5,6)36)10-22(25-19(11-29)13-31-34(17)25)18-7-8-24(30-12-18)32-14-20-9-21(15-32)33(20)26(35)38-27(2,3)4/h7-8,10,12-13,20-21,36H,9,14-16H2,1-6H3. The Morgan fingerprint density at radius 1 is 1.18 bits per heavy atom. The van der Waals surface area contributed by atoms with Crippen molar-refractivity contribution >= 4 is 17.4 Å². The maximum Gasteiger partial charge on any atom is 0.410 e. The number of hydrogen-bond donors (Lipinski definition) is 1. The summed E-state index contributed by atoms with van der Waals surface area (Å²) in [5.41, 5.74) is 1.96. The molecule has 3 aromatic rings. The quantitative estimate of drug-likeness (QED) is 0.540. The Morgan fingerprint density at radius 3 is 2.47 bits per heavy atom. The molecular formula is C28H34N6O4. The van der Waals surface area contributed by atoms with Gasteiger partial charge in [0.1, 0.15) is 29.8 Å². The van der Waals surface area contributed by atoms with Gasteiger partial charge in [-0.25, -0.2) is 14.3 Å². The summed E-state index contributed by atoms with van der Waals surface area (Å²) in [5, 5.41) is 24.3. The van der Waals surface area contributed by atoms with E-state index in [-0.39, 0.29) is 24.8 Å². The van der Waals surface area contributed by atoms with Crippen LogP contribution in [0.3, 0.4) is 0 Å². The van der Waals surface area contributed by atoms with Gasteiger partial charge >= 0.3 is 6.09 Å². The highest BCUT2D eigenvalue weighted by molar-refractivity contribution is 5.86. The van der Waals surface area contributed by atoms with E-state index in [1.54, 1.807) is 30.8 Å². The van der Waals surface area contributed by atoms with Crippen LogP contribution in [0.15, 0.2) is 30.6 Å². The maximum absolute atomic E-state index is 12.6. The lowest BCUT2D eigenvalue weighted by atomic mass is 9.88. The molecular weight excluding hydrogens is 484 g/mol. The number of carbonyl (C=O) groups is 1. The number of pyridine rings is 2. The molecule has 0 aromatic carbocycles. The number of nitriles is 1. The normalized spacial score (nSPS) is 19.2. The maximum atomic E-state index is 12.6. The van der Waals surface area contributed by atoms with Crippen LogP contribution in [0.25, 0.3) is 16.6 Å². The predicted octanol–water partition coefficient (Wildman–Crippen LogP) is 3.92. The average molecular weight is 519 g/mol. The number of anilines is 1. The minimum absolute atomic E-state index is 0.111. The van der Waals surface area contributed by atoms with Crippen LogP contribution < -0.4 is 9.64 Å². The van der Waals surface area contributed by atoms with Crippen LogP contribution in [-0.2, 0) is 4.74 Å². The first kappa shape index (κ1) is 25.8. The van der Waals surface area contributed by atoms with Crippen LogP contribution in [0.1, 0.15) is 52.3 Å². The number of rotatable bonds is 5. The Labute approximate surface area is 222 Å². The van der Waals surface area contributed by atoms with E-state index < -0.39 is 11.2 Å². The van der Waals surface area contributed by atoms with E-state index in [0.717, 1.165) is 29.1 Å². The molecule has 3 aliphatic rings. The van der Waals surface area contributed by atoms with E-state index in [4.69, 9.17) is 14.5 Å². The summed E-state index contributed by atoms with van der Waals surface area (Å²) < 4.78 is 13.2. The smallest absolute Gasteiger partial charge is 0.410 e. The summed E-state index contributed by atoms with van der Waals surface area (Å²) in [6.07, 6.45) is 4.06. The van der Waals surface area contributed by atoms with Crippen molar-refractivity contribution < 1.29 is 19.4 Å². The summed E-state index contributed by atoms with van der Waals surface area (Å²) in [4.78, 5) is 21.4. The molecule has 6 rings (SSSR count). The van der Waals surface area contributed by atoms with Gasteiger partial charge in [-0.1, -0.05) is 0 Å². The van der Waals surface area contributed by atoms with E-state index in [9.17, 15) is 15.2 Å². The van der Waals surface area contributed by atoms with Gasteiger partial charge in [-0.15, -0.1) is 0 Å². The fourth-order valence-electron chi connectivity index (χ4n) is 5.11. The number of aromatic nitrogens is 3. The highest BCUT2D eigenvalue weighted by Crippen LogP contribution is 2.37. The number of ether oxygens (including phenoxy) is 2. The third-order valence-corrected chi connectivity index (χ3v) is 6.86. The van der Waals surface area contributed by atoms with Crippen LogP contribution >= 0.6 is 0 Å². The fourth-order valence-corrected chi connectivity index (χ4v) is 5.11. The minimum Gasteiger partial charge on any atom is -0.489 e.